The van der Waals surface area contributed by atoms with E-state index < -0.39 is 0 Å². The second-order valence-corrected chi connectivity index (χ2v) is 12.8. The molecule has 0 atom stereocenters. The molecule has 2 aromatic heterocycles. The summed E-state index contributed by atoms with van der Waals surface area (Å²) in [5.74, 6) is 0. The van der Waals surface area contributed by atoms with Gasteiger partial charge in [-0.05, 0) is 105 Å². The van der Waals surface area contributed by atoms with Crippen molar-refractivity contribution in [2.24, 2.45) is 0 Å². The van der Waals surface area contributed by atoms with Gasteiger partial charge >= 0.3 is 0 Å². The highest BCUT2D eigenvalue weighted by molar-refractivity contribution is 7.00. The Morgan fingerprint density at radius 3 is 2.27 bits per heavy atom. The Bertz CT molecular complexity index is 2370. The lowest BCUT2D eigenvalue weighted by Crippen LogP contribution is -2.59. The Hall–Kier alpha value is -5.16. The van der Waals surface area contributed by atoms with Gasteiger partial charge in [-0.1, -0.05) is 58.7 Å². The molecular weight excluding hydrogens is 535 g/mol. The molecule has 0 radical (unpaired) electrons. The lowest BCUT2D eigenvalue weighted by molar-refractivity contribution is 1.16. The summed E-state index contributed by atoms with van der Waals surface area (Å²) in [6, 6.07) is 29.8. The van der Waals surface area contributed by atoms with Gasteiger partial charge in [0.15, 0.2) is 0 Å². The van der Waals surface area contributed by atoms with Crippen molar-refractivity contribution in [1.82, 2.24) is 14.5 Å². The van der Waals surface area contributed by atoms with Gasteiger partial charge in [0.1, 0.15) is 6.33 Å². The topological polar surface area (TPSA) is 42.7 Å². The molecule has 210 valence electrons. The fourth-order valence-electron chi connectivity index (χ4n) is 7.79. The minimum Gasteiger partial charge on any atom is -0.356 e. The summed E-state index contributed by atoms with van der Waals surface area (Å²) in [6.45, 7) is 11.2. The number of aromatic nitrogens is 3. The van der Waals surface area contributed by atoms with Gasteiger partial charge in [-0.15, -0.1) is 0 Å². The van der Waals surface area contributed by atoms with E-state index in [1.165, 1.54) is 88.5 Å². The molecule has 0 fully saturated rings. The second-order valence-electron chi connectivity index (χ2n) is 12.8. The summed E-state index contributed by atoms with van der Waals surface area (Å²) in [6.07, 6.45) is 3.46. The smallest absolute Gasteiger partial charge is 0.252 e. The zero-order chi connectivity index (χ0) is 29.9. The number of nitrogens with one attached hydrogen (secondary N) is 1. The summed E-state index contributed by atoms with van der Waals surface area (Å²) in [5, 5.41) is 6.62. The highest BCUT2D eigenvalue weighted by Gasteiger charge is 2.40. The van der Waals surface area contributed by atoms with E-state index in [-0.39, 0.29) is 6.71 Å². The SMILES string of the molecule is Cc1ccc(C)c(-c2cc(C)cc3c2Nc2cc(-c4ccncn4)cc4c2B3c2cc(C)cc3c5cc(C)ccc5n-4c23)c1. The van der Waals surface area contributed by atoms with Crippen LogP contribution in [0.15, 0.2) is 91.4 Å². The van der Waals surface area contributed by atoms with Crippen molar-refractivity contribution < 1.29 is 0 Å². The standard InChI is InChI=1S/C39H31BN4/c1-21-6-8-25(5)27(12-21)29-14-23(3)16-31-38(29)43-34-18-26(33-10-11-41-20-42-33)19-36-37(34)40(31)32-17-24(4)15-30-28-13-22(2)7-9-35(28)44(36)39(30)32/h6-20,43H,1-5H3. The Labute approximate surface area is 257 Å². The molecule has 5 aromatic carbocycles. The van der Waals surface area contributed by atoms with Crippen molar-refractivity contribution in [3.05, 3.63) is 119 Å². The summed E-state index contributed by atoms with van der Waals surface area (Å²) >= 11 is 0. The molecule has 4 heterocycles. The first kappa shape index (κ1) is 25.4. The fourth-order valence-corrected chi connectivity index (χ4v) is 7.79. The largest absolute Gasteiger partial charge is 0.356 e. The number of aryl methyl sites for hydroxylation is 5. The number of nitrogens with zero attached hydrogens (tertiary/aromatic N) is 3. The van der Waals surface area contributed by atoms with Crippen molar-refractivity contribution in [2.45, 2.75) is 34.6 Å². The molecule has 0 amide bonds. The fraction of sp³-hybridized carbons (Fsp3) is 0.128. The first-order valence-corrected chi connectivity index (χ1v) is 15.3. The third kappa shape index (κ3) is 3.47. The molecule has 2 aliphatic rings. The zero-order valence-electron chi connectivity index (χ0n) is 25.6. The van der Waals surface area contributed by atoms with Crippen LogP contribution in [-0.4, -0.2) is 21.2 Å². The number of benzene rings is 5. The Morgan fingerprint density at radius 1 is 0.682 bits per heavy atom. The van der Waals surface area contributed by atoms with Crippen LogP contribution in [0.25, 0.3) is 49.9 Å². The molecule has 0 aliphatic carbocycles. The van der Waals surface area contributed by atoms with Gasteiger partial charge in [-0.2, -0.15) is 0 Å². The minimum atomic E-state index is 0.0970. The number of hydrogen-bond acceptors (Lipinski definition) is 3. The molecule has 0 spiro atoms. The lowest BCUT2D eigenvalue weighted by Gasteiger charge is -2.36. The Balaban J connectivity index is 1.45. The van der Waals surface area contributed by atoms with Gasteiger partial charge in [-0.25, -0.2) is 9.97 Å². The van der Waals surface area contributed by atoms with Crippen LogP contribution >= 0.6 is 0 Å². The van der Waals surface area contributed by atoms with Crippen molar-refractivity contribution >= 4 is 56.3 Å². The molecule has 44 heavy (non-hydrogen) atoms. The van der Waals surface area contributed by atoms with Crippen LogP contribution in [0.4, 0.5) is 11.4 Å². The first-order valence-electron chi connectivity index (χ1n) is 15.3. The average molecular weight is 567 g/mol. The number of rotatable bonds is 2. The van der Waals surface area contributed by atoms with Crippen molar-refractivity contribution in [3.63, 3.8) is 0 Å². The highest BCUT2D eigenvalue weighted by Crippen LogP contribution is 2.41. The van der Waals surface area contributed by atoms with Crippen LogP contribution in [0.5, 0.6) is 0 Å². The third-order valence-electron chi connectivity index (χ3n) is 9.63. The van der Waals surface area contributed by atoms with Crippen LogP contribution < -0.4 is 21.7 Å². The van der Waals surface area contributed by atoms with Crippen LogP contribution in [0.2, 0.25) is 0 Å². The van der Waals surface area contributed by atoms with E-state index >= 15 is 0 Å². The minimum absolute atomic E-state index is 0.0970. The maximum absolute atomic E-state index is 4.67. The summed E-state index contributed by atoms with van der Waals surface area (Å²) in [7, 11) is 0. The van der Waals surface area contributed by atoms with Gasteiger partial charge in [-0.3, -0.25) is 0 Å². The normalized spacial score (nSPS) is 12.8. The maximum atomic E-state index is 4.67. The zero-order valence-corrected chi connectivity index (χ0v) is 25.6. The molecule has 0 bridgehead atoms. The van der Waals surface area contributed by atoms with Gasteiger partial charge in [0.05, 0.1) is 11.2 Å². The Morgan fingerprint density at radius 2 is 1.43 bits per heavy atom. The molecular formula is C39H31BN4. The molecule has 7 aromatic rings. The van der Waals surface area contributed by atoms with E-state index in [0.717, 1.165) is 16.9 Å². The van der Waals surface area contributed by atoms with Gasteiger partial charge in [0, 0.05) is 50.7 Å². The van der Waals surface area contributed by atoms with Gasteiger partial charge in [0.2, 0.25) is 0 Å². The van der Waals surface area contributed by atoms with Gasteiger partial charge < -0.3 is 9.88 Å². The first-order chi connectivity index (χ1) is 21.4. The monoisotopic (exact) mass is 566 g/mol. The quantitative estimate of drug-likeness (QED) is 0.223. The van der Waals surface area contributed by atoms with Crippen molar-refractivity contribution in [2.75, 3.05) is 5.32 Å². The van der Waals surface area contributed by atoms with Crippen molar-refractivity contribution in [1.29, 1.82) is 0 Å². The van der Waals surface area contributed by atoms with E-state index in [0.29, 0.717) is 0 Å². The van der Waals surface area contributed by atoms with E-state index in [1.807, 2.05) is 12.3 Å². The summed E-state index contributed by atoms with van der Waals surface area (Å²) in [4.78, 5) is 8.87. The molecule has 0 saturated heterocycles. The molecule has 0 saturated carbocycles. The maximum Gasteiger partial charge on any atom is 0.252 e. The van der Waals surface area contributed by atoms with E-state index in [1.54, 1.807) is 6.33 Å². The predicted molar refractivity (Wildman–Crippen MR) is 185 cm³/mol. The van der Waals surface area contributed by atoms with Crippen LogP contribution in [0.3, 0.4) is 0 Å². The molecule has 2 aliphatic heterocycles. The molecule has 1 N–H and O–H groups in total. The predicted octanol–water partition coefficient (Wildman–Crippen LogP) is 7.34. The molecule has 0 unspecified atom stereocenters. The summed E-state index contributed by atoms with van der Waals surface area (Å²) in [5.41, 5.74) is 21.0. The van der Waals surface area contributed by atoms with E-state index in [2.05, 4.69) is 127 Å². The summed E-state index contributed by atoms with van der Waals surface area (Å²) < 4.78 is 2.51. The van der Waals surface area contributed by atoms with Crippen molar-refractivity contribution in [3.8, 4) is 28.1 Å². The number of hydrogen-bond donors (Lipinski definition) is 1. The van der Waals surface area contributed by atoms with Gasteiger partial charge in [0.25, 0.3) is 6.71 Å². The molecule has 5 heteroatoms. The third-order valence-corrected chi connectivity index (χ3v) is 9.63. The van der Waals surface area contributed by atoms with Crippen LogP contribution in [0, 0.1) is 34.6 Å². The second kappa shape index (κ2) is 8.93. The molecule has 9 rings (SSSR count). The van der Waals surface area contributed by atoms with Crippen LogP contribution in [-0.2, 0) is 0 Å². The highest BCUT2D eigenvalue weighted by atomic mass is 15.0. The average Bonchev–Trinajstić information content (AvgIpc) is 3.34. The van der Waals surface area contributed by atoms with Crippen LogP contribution in [0.1, 0.15) is 27.8 Å². The van der Waals surface area contributed by atoms with E-state index in [4.69, 9.17) is 0 Å². The lowest BCUT2D eigenvalue weighted by atomic mass is 9.33. The number of fused-ring (bicyclic) bond motifs is 7. The number of anilines is 2. The molecule has 4 nitrogen and oxygen atoms in total. The van der Waals surface area contributed by atoms with E-state index in [9.17, 15) is 0 Å². The Kier molecular flexibility index (Phi) is 5.15.